The van der Waals surface area contributed by atoms with Gasteiger partial charge in [-0.3, -0.25) is 19.7 Å². The van der Waals surface area contributed by atoms with Crippen molar-refractivity contribution < 1.29 is 17.2 Å². The summed E-state index contributed by atoms with van der Waals surface area (Å²) in [4.78, 5) is 19.3. The van der Waals surface area contributed by atoms with Gasteiger partial charge < -0.3 is 27.9 Å². The molecule has 1 amide bonds. The molecule has 3 aromatic carbocycles. The highest BCUT2D eigenvalue weighted by Gasteiger charge is 2.09. The van der Waals surface area contributed by atoms with Gasteiger partial charge in [0.25, 0.3) is 5.91 Å². The Morgan fingerprint density at radius 1 is 0.872 bits per heavy atom. The van der Waals surface area contributed by atoms with Crippen LogP contribution in [0, 0.1) is 0 Å². The van der Waals surface area contributed by atoms with Gasteiger partial charge in [0.15, 0.2) is 0 Å². The number of hydrogen-bond acceptors (Lipinski definition) is 5. The summed E-state index contributed by atoms with van der Waals surface area (Å²) in [6.07, 6.45) is 5.76. The number of carbonyl (C=O) groups is 1. The van der Waals surface area contributed by atoms with Crippen LogP contribution in [0.2, 0.25) is 0 Å². The fraction of sp³-hybridized carbons (Fsp3) is 0.100. The number of fused-ring (bicyclic) bond motifs is 1. The summed E-state index contributed by atoms with van der Waals surface area (Å²) in [7, 11) is 6.01. The molecule has 0 unspecified atom stereocenters. The van der Waals surface area contributed by atoms with Gasteiger partial charge in [-0.05, 0) is 60.7 Å². The zero-order valence-electron chi connectivity index (χ0n) is 21.9. The number of rotatable bonds is 7. The van der Waals surface area contributed by atoms with Crippen molar-refractivity contribution in [1.82, 2.24) is 9.55 Å². The lowest BCUT2D eigenvalue weighted by Crippen LogP contribution is -3.00. The molecule has 5 rings (SSSR count). The Morgan fingerprint density at radius 3 is 2.18 bits per heavy atom. The molecule has 2 aromatic heterocycles. The summed E-state index contributed by atoms with van der Waals surface area (Å²) in [5.41, 5.74) is 7.16. The topological polar surface area (TPSA) is 74.2 Å². The number of aryl methyl sites for hydroxylation is 1. The van der Waals surface area contributed by atoms with Crippen LogP contribution in [0.15, 0.2) is 104 Å². The highest BCUT2D eigenvalue weighted by molar-refractivity contribution is 6.04. The second-order valence-electron chi connectivity index (χ2n) is 9.07. The smallest absolute Gasteiger partial charge is 0.255 e. The van der Waals surface area contributed by atoms with Gasteiger partial charge >= 0.3 is 0 Å². The van der Waals surface area contributed by atoms with E-state index in [-0.39, 0.29) is 30.7 Å². The molecular weight excluding hydrogens is 531 g/mol. The van der Waals surface area contributed by atoms with Gasteiger partial charge in [-0.25, -0.2) is 0 Å². The van der Waals surface area contributed by atoms with E-state index in [4.69, 9.17) is 0 Å². The molecule has 2 heterocycles. The molecule has 0 aliphatic heterocycles. The summed E-state index contributed by atoms with van der Waals surface area (Å²) in [5, 5.41) is 10.8. The lowest BCUT2D eigenvalue weighted by atomic mass is 10.1. The van der Waals surface area contributed by atoms with Gasteiger partial charge in [0.2, 0.25) is 0 Å². The Hall–Kier alpha value is -4.33. The van der Waals surface area contributed by atoms with Gasteiger partial charge in [-0.1, -0.05) is 0 Å². The van der Waals surface area contributed by atoms with Crippen molar-refractivity contribution in [3.05, 3.63) is 109 Å². The number of amides is 1. The van der Waals surface area contributed by atoms with Crippen LogP contribution in [0.5, 0.6) is 0 Å². The van der Waals surface area contributed by atoms with Crippen molar-refractivity contribution >= 4 is 63.3 Å². The van der Waals surface area contributed by atoms with Crippen LogP contribution in [-0.2, 0) is 7.05 Å². The molecule has 0 fully saturated rings. The van der Waals surface area contributed by atoms with Crippen molar-refractivity contribution in [2.75, 3.05) is 34.9 Å². The average molecular weight is 562 g/mol. The Labute approximate surface area is 240 Å². The van der Waals surface area contributed by atoms with Crippen molar-refractivity contribution in [3.8, 4) is 0 Å². The number of aromatic nitrogens is 2. The molecule has 3 N–H and O–H groups in total. The first-order valence-electron chi connectivity index (χ1n) is 12.0. The molecule has 0 atom stereocenters. The number of halogens is 2. The van der Waals surface area contributed by atoms with E-state index in [2.05, 4.69) is 44.0 Å². The number of pyridine rings is 2. The molecule has 200 valence electrons. The first-order valence-corrected chi connectivity index (χ1v) is 12.0. The number of benzene rings is 3. The molecule has 39 heavy (non-hydrogen) atoms. The molecule has 0 saturated carbocycles. The van der Waals surface area contributed by atoms with E-state index in [1.165, 1.54) is 0 Å². The number of nitrogens with zero attached hydrogens (tertiary/aromatic N) is 3. The molecule has 0 saturated heterocycles. The third-order valence-electron chi connectivity index (χ3n) is 6.08. The Balaban J connectivity index is 0.00000210. The van der Waals surface area contributed by atoms with Crippen molar-refractivity contribution in [2.24, 2.45) is 7.05 Å². The molecule has 7 nitrogen and oxygen atoms in total. The van der Waals surface area contributed by atoms with Gasteiger partial charge in [0, 0.05) is 73.2 Å². The quantitative estimate of drug-likeness (QED) is 0.261. The van der Waals surface area contributed by atoms with E-state index in [9.17, 15) is 4.79 Å². The Kier molecular flexibility index (Phi) is 9.71. The van der Waals surface area contributed by atoms with Crippen LogP contribution in [0.3, 0.4) is 0 Å². The second kappa shape index (κ2) is 13.0. The first-order chi connectivity index (χ1) is 17.9. The number of anilines is 6. The van der Waals surface area contributed by atoms with Crippen LogP contribution in [0.4, 0.5) is 34.1 Å². The normalized spacial score (nSPS) is 10.1. The summed E-state index contributed by atoms with van der Waals surface area (Å²) >= 11 is 0. The second-order valence-corrected chi connectivity index (χ2v) is 9.07. The van der Waals surface area contributed by atoms with E-state index in [1.807, 2.05) is 105 Å². The Bertz CT molecular complexity index is 1540. The molecule has 0 aliphatic rings. The van der Waals surface area contributed by atoms with Crippen LogP contribution >= 0.6 is 12.4 Å². The van der Waals surface area contributed by atoms with E-state index in [0.717, 1.165) is 45.0 Å². The van der Waals surface area contributed by atoms with Gasteiger partial charge in [0.05, 0.1) is 30.0 Å². The monoisotopic (exact) mass is 560 g/mol. The average Bonchev–Trinajstić information content (AvgIpc) is 2.91. The van der Waals surface area contributed by atoms with Crippen molar-refractivity contribution in [1.29, 1.82) is 0 Å². The van der Waals surface area contributed by atoms with Crippen LogP contribution in [0.1, 0.15) is 10.4 Å². The third-order valence-corrected chi connectivity index (χ3v) is 6.08. The number of carbonyl (C=O) groups excluding carboxylic acids is 1. The minimum absolute atomic E-state index is 0. The summed E-state index contributed by atoms with van der Waals surface area (Å²) in [6.45, 7) is 0. The van der Waals surface area contributed by atoms with E-state index in [1.54, 1.807) is 6.20 Å². The molecule has 0 spiro atoms. The Morgan fingerprint density at radius 2 is 1.51 bits per heavy atom. The zero-order chi connectivity index (χ0) is 25.8. The van der Waals surface area contributed by atoms with Gasteiger partial charge in [-0.15, -0.1) is 12.4 Å². The fourth-order valence-electron chi connectivity index (χ4n) is 3.98. The lowest BCUT2D eigenvalue weighted by Gasteiger charge is -2.15. The summed E-state index contributed by atoms with van der Waals surface area (Å²) < 4.78 is 1.98. The SMILES string of the molecule is CN(C)c1ccc2c(Nc3ccc(NC(=O)c4ccc(N[c+]5ccn(C)cc5)cc4)cc3)ccnc2c1.Cl.[Cl-]. The lowest BCUT2D eigenvalue weighted by molar-refractivity contribution is -0.0000152. The van der Waals surface area contributed by atoms with Crippen molar-refractivity contribution in [3.63, 3.8) is 0 Å². The number of hydrogen-bond donors (Lipinski definition) is 3. The summed E-state index contributed by atoms with van der Waals surface area (Å²) in [6, 6.07) is 27.3. The molecule has 0 bridgehead atoms. The molecular formula is C30H30Cl2N6O. The largest absolute Gasteiger partial charge is 1.00 e. The maximum atomic E-state index is 12.8. The maximum absolute atomic E-state index is 12.8. The van der Waals surface area contributed by atoms with Gasteiger partial charge in [0.1, 0.15) is 11.4 Å². The third kappa shape index (κ3) is 7.16. The predicted molar refractivity (Wildman–Crippen MR) is 161 cm³/mol. The predicted octanol–water partition coefficient (Wildman–Crippen LogP) is 4.09. The molecule has 0 radical (unpaired) electrons. The zero-order valence-corrected chi connectivity index (χ0v) is 23.4. The standard InChI is InChI=1S/C30H28N6O.2ClH/c1-35(2)26-12-13-27-28(14-17-31-29(27)20-26)33-23-8-10-24(11-9-23)34-30(37)21-4-6-22(7-5-21)32-25-15-18-36(3)19-16-25;;/h4-20H,1-3H3,(H2-,31,32,33,34,37);2*1H. The van der Waals surface area contributed by atoms with E-state index in [0.29, 0.717) is 5.56 Å². The fourth-order valence-corrected chi connectivity index (χ4v) is 3.98. The maximum Gasteiger partial charge on any atom is 0.255 e. The van der Waals surface area contributed by atoms with E-state index >= 15 is 0 Å². The van der Waals surface area contributed by atoms with Crippen LogP contribution in [0.25, 0.3) is 10.9 Å². The minimum Gasteiger partial charge on any atom is -1.00 e. The number of nitrogens with one attached hydrogen (secondary N) is 3. The molecule has 5 aromatic rings. The first kappa shape index (κ1) is 29.2. The highest BCUT2D eigenvalue weighted by Crippen LogP contribution is 2.28. The van der Waals surface area contributed by atoms with E-state index < -0.39 is 0 Å². The van der Waals surface area contributed by atoms with Crippen LogP contribution in [-0.4, -0.2) is 29.6 Å². The van der Waals surface area contributed by atoms with Gasteiger partial charge in [-0.2, -0.15) is 0 Å². The molecule has 9 heteroatoms. The van der Waals surface area contributed by atoms with Crippen molar-refractivity contribution in [2.45, 2.75) is 0 Å². The minimum atomic E-state index is -0.157. The van der Waals surface area contributed by atoms with Crippen LogP contribution < -0.4 is 33.3 Å². The summed E-state index contributed by atoms with van der Waals surface area (Å²) in [5.74, 6) is -0.157. The molecule has 0 aliphatic carbocycles. The highest BCUT2D eigenvalue weighted by atomic mass is 35.5.